The van der Waals surface area contributed by atoms with Gasteiger partial charge in [-0.2, -0.15) is 5.10 Å². The number of nitrogens with zero attached hydrogens (tertiary/aromatic N) is 1. The van der Waals surface area contributed by atoms with Crippen molar-refractivity contribution < 1.29 is 19.0 Å². The average molecular weight is 532 g/mol. The number of hydrogen-bond donors (Lipinski definition) is 1. The highest BCUT2D eigenvalue weighted by Gasteiger charge is 2.09. The molecule has 0 heterocycles. The Balaban J connectivity index is 1.54. The third kappa shape index (κ3) is 7.23. The Morgan fingerprint density at radius 1 is 1.03 bits per heavy atom. The first-order valence-corrected chi connectivity index (χ1v) is 11.3. The maximum Gasteiger partial charge on any atom is 0.277 e. The van der Waals surface area contributed by atoms with Crippen LogP contribution in [0, 0.1) is 13.8 Å². The van der Waals surface area contributed by atoms with Gasteiger partial charge >= 0.3 is 0 Å². The Morgan fingerprint density at radius 3 is 2.39 bits per heavy atom. The Hall–Kier alpha value is -3.03. The minimum atomic E-state index is -0.358. The number of aryl methyl sites for hydroxylation is 2. The molecule has 0 aliphatic heterocycles. The van der Waals surface area contributed by atoms with Gasteiger partial charge in [-0.25, -0.2) is 5.43 Å². The predicted octanol–water partition coefficient (Wildman–Crippen LogP) is 5.84. The standard InChI is InChI=1S/C25H24BrClN2O4/c1-16-10-20(26)11-17(2)25(16)33-15-24(30)29-28-13-19-6-9-22(23(12-19)31-3)32-14-18-4-7-21(27)8-5-18/h4-13H,14-15H2,1-3H3,(H,29,30)/b28-13+. The molecule has 0 aliphatic carbocycles. The van der Waals surface area contributed by atoms with Crippen LogP contribution in [0.5, 0.6) is 17.2 Å². The molecule has 8 heteroatoms. The van der Waals surface area contributed by atoms with Crippen LogP contribution in [0.15, 0.2) is 64.2 Å². The number of rotatable bonds is 9. The summed E-state index contributed by atoms with van der Waals surface area (Å²) in [6.45, 7) is 4.11. The van der Waals surface area contributed by atoms with Crippen LogP contribution in [0.1, 0.15) is 22.3 Å². The lowest BCUT2D eigenvalue weighted by Crippen LogP contribution is -2.25. The first-order valence-electron chi connectivity index (χ1n) is 10.1. The van der Waals surface area contributed by atoms with Crippen LogP contribution >= 0.6 is 27.5 Å². The summed E-state index contributed by atoms with van der Waals surface area (Å²) in [5.41, 5.74) is 6.10. The molecule has 0 aliphatic rings. The van der Waals surface area contributed by atoms with E-state index in [4.69, 9.17) is 25.8 Å². The highest BCUT2D eigenvalue weighted by Crippen LogP contribution is 2.29. The number of carbonyl (C=O) groups excluding carboxylic acids is 1. The average Bonchev–Trinajstić information content (AvgIpc) is 2.78. The van der Waals surface area contributed by atoms with E-state index in [1.54, 1.807) is 19.2 Å². The third-order valence-corrected chi connectivity index (χ3v) is 5.38. The second-order valence-electron chi connectivity index (χ2n) is 7.28. The quantitative estimate of drug-likeness (QED) is 0.278. The van der Waals surface area contributed by atoms with Crippen LogP contribution in [0.3, 0.4) is 0 Å². The number of hydrazone groups is 1. The van der Waals surface area contributed by atoms with E-state index in [-0.39, 0.29) is 12.5 Å². The van der Waals surface area contributed by atoms with Gasteiger partial charge in [0.05, 0.1) is 13.3 Å². The van der Waals surface area contributed by atoms with Gasteiger partial charge < -0.3 is 14.2 Å². The molecule has 3 rings (SSSR count). The molecule has 172 valence electrons. The second kappa shape index (κ2) is 11.7. The fourth-order valence-corrected chi connectivity index (χ4v) is 3.91. The zero-order valence-electron chi connectivity index (χ0n) is 18.5. The summed E-state index contributed by atoms with van der Waals surface area (Å²) in [5.74, 6) is 1.49. The Bertz CT molecular complexity index is 1130. The molecule has 0 aromatic heterocycles. The first-order chi connectivity index (χ1) is 15.9. The molecule has 6 nitrogen and oxygen atoms in total. The molecular weight excluding hydrogens is 508 g/mol. The summed E-state index contributed by atoms with van der Waals surface area (Å²) >= 11 is 9.35. The Labute approximate surface area is 206 Å². The molecule has 0 spiro atoms. The Morgan fingerprint density at radius 2 is 1.73 bits per heavy atom. The highest BCUT2D eigenvalue weighted by atomic mass is 79.9. The van der Waals surface area contributed by atoms with Crippen molar-refractivity contribution in [3.05, 3.63) is 86.3 Å². The molecule has 0 saturated heterocycles. The fourth-order valence-electron chi connectivity index (χ4n) is 3.10. The van der Waals surface area contributed by atoms with Crippen molar-refractivity contribution in [2.24, 2.45) is 5.10 Å². The molecule has 1 amide bonds. The summed E-state index contributed by atoms with van der Waals surface area (Å²) in [4.78, 5) is 12.1. The van der Waals surface area contributed by atoms with Crippen molar-refractivity contribution in [2.75, 3.05) is 13.7 Å². The maximum atomic E-state index is 12.1. The zero-order valence-corrected chi connectivity index (χ0v) is 20.9. The SMILES string of the molecule is COc1cc(/C=N/NC(=O)COc2c(C)cc(Br)cc2C)ccc1OCc1ccc(Cl)cc1. The highest BCUT2D eigenvalue weighted by molar-refractivity contribution is 9.10. The molecule has 3 aromatic rings. The third-order valence-electron chi connectivity index (χ3n) is 4.67. The van der Waals surface area contributed by atoms with Crippen molar-refractivity contribution >= 4 is 39.7 Å². The molecule has 0 atom stereocenters. The van der Waals surface area contributed by atoms with Gasteiger partial charge in [-0.05, 0) is 78.6 Å². The van der Waals surface area contributed by atoms with Crippen molar-refractivity contribution in [1.29, 1.82) is 0 Å². The lowest BCUT2D eigenvalue weighted by molar-refractivity contribution is -0.123. The van der Waals surface area contributed by atoms with Crippen LogP contribution in [-0.2, 0) is 11.4 Å². The molecule has 1 N–H and O–H groups in total. The number of carbonyl (C=O) groups is 1. The fraction of sp³-hybridized carbons (Fsp3) is 0.200. The van der Waals surface area contributed by atoms with E-state index >= 15 is 0 Å². The summed E-state index contributed by atoms with van der Waals surface area (Å²) in [7, 11) is 1.57. The van der Waals surface area contributed by atoms with E-state index in [9.17, 15) is 4.79 Å². The molecule has 0 unspecified atom stereocenters. The lowest BCUT2D eigenvalue weighted by atomic mass is 10.1. The van der Waals surface area contributed by atoms with Gasteiger partial charge in [0, 0.05) is 9.50 Å². The molecule has 33 heavy (non-hydrogen) atoms. The van der Waals surface area contributed by atoms with Gasteiger partial charge in [0.1, 0.15) is 12.4 Å². The van der Waals surface area contributed by atoms with E-state index in [1.165, 1.54) is 6.21 Å². The van der Waals surface area contributed by atoms with Crippen molar-refractivity contribution in [3.8, 4) is 17.2 Å². The molecule has 0 radical (unpaired) electrons. The van der Waals surface area contributed by atoms with Gasteiger partial charge in [0.25, 0.3) is 5.91 Å². The number of halogens is 2. The van der Waals surface area contributed by atoms with E-state index in [0.29, 0.717) is 28.9 Å². The number of nitrogens with one attached hydrogen (secondary N) is 1. The normalized spacial score (nSPS) is 10.8. The van der Waals surface area contributed by atoms with Gasteiger partial charge in [-0.1, -0.05) is 39.7 Å². The smallest absolute Gasteiger partial charge is 0.277 e. The molecule has 3 aromatic carbocycles. The second-order valence-corrected chi connectivity index (χ2v) is 8.63. The maximum absolute atomic E-state index is 12.1. The first kappa shape index (κ1) is 24.6. The largest absolute Gasteiger partial charge is 0.493 e. The molecule has 0 bridgehead atoms. The van der Waals surface area contributed by atoms with Crippen LogP contribution in [0.4, 0.5) is 0 Å². The molecular formula is C25H24BrClN2O4. The van der Waals surface area contributed by atoms with Crippen LogP contribution in [0.25, 0.3) is 0 Å². The van der Waals surface area contributed by atoms with Crippen LogP contribution in [0.2, 0.25) is 5.02 Å². The van der Waals surface area contributed by atoms with E-state index in [1.807, 2.05) is 56.3 Å². The Kier molecular flexibility index (Phi) is 8.74. The van der Waals surface area contributed by atoms with Gasteiger partial charge in [0.15, 0.2) is 18.1 Å². The number of hydrogen-bond acceptors (Lipinski definition) is 5. The number of ether oxygens (including phenoxy) is 3. The summed E-state index contributed by atoms with van der Waals surface area (Å²) in [6.07, 6.45) is 1.53. The lowest BCUT2D eigenvalue weighted by Gasteiger charge is -2.12. The summed E-state index contributed by atoms with van der Waals surface area (Å²) < 4.78 is 17.9. The van der Waals surface area contributed by atoms with Crippen LogP contribution < -0.4 is 19.6 Å². The monoisotopic (exact) mass is 530 g/mol. The number of amides is 1. The van der Waals surface area contributed by atoms with Gasteiger partial charge in [0.2, 0.25) is 0 Å². The summed E-state index contributed by atoms with van der Waals surface area (Å²) in [5, 5.41) is 4.68. The van der Waals surface area contributed by atoms with Crippen LogP contribution in [-0.4, -0.2) is 25.8 Å². The van der Waals surface area contributed by atoms with E-state index in [2.05, 4.69) is 26.5 Å². The molecule has 0 saturated carbocycles. The van der Waals surface area contributed by atoms with Gasteiger partial charge in [-0.15, -0.1) is 0 Å². The predicted molar refractivity (Wildman–Crippen MR) is 134 cm³/mol. The van der Waals surface area contributed by atoms with Crippen molar-refractivity contribution in [2.45, 2.75) is 20.5 Å². The van der Waals surface area contributed by atoms with Gasteiger partial charge in [-0.3, -0.25) is 4.79 Å². The molecule has 0 fully saturated rings. The minimum absolute atomic E-state index is 0.137. The minimum Gasteiger partial charge on any atom is -0.493 e. The van der Waals surface area contributed by atoms with Crippen molar-refractivity contribution in [1.82, 2.24) is 5.43 Å². The van der Waals surface area contributed by atoms with Crippen molar-refractivity contribution in [3.63, 3.8) is 0 Å². The topological polar surface area (TPSA) is 69.2 Å². The number of methoxy groups -OCH3 is 1. The number of benzene rings is 3. The van der Waals surface area contributed by atoms with E-state index < -0.39 is 0 Å². The van der Waals surface area contributed by atoms with E-state index in [0.717, 1.165) is 26.7 Å². The zero-order chi connectivity index (χ0) is 23.8. The summed E-state index contributed by atoms with van der Waals surface area (Å²) in [6, 6.07) is 16.7.